The van der Waals surface area contributed by atoms with Crippen LogP contribution >= 0.6 is 0 Å². The van der Waals surface area contributed by atoms with Gasteiger partial charge in [0.2, 0.25) is 5.91 Å². The molecule has 0 radical (unpaired) electrons. The molecule has 1 saturated heterocycles. The Labute approximate surface area is 142 Å². The molecule has 0 saturated carbocycles. The van der Waals surface area contributed by atoms with E-state index in [2.05, 4.69) is 33.7 Å². The molecular formula is C18H25N5O. The van der Waals surface area contributed by atoms with E-state index in [0.717, 1.165) is 31.0 Å². The monoisotopic (exact) mass is 327 g/mol. The Morgan fingerprint density at radius 2 is 2.29 bits per heavy atom. The average Bonchev–Trinajstić information content (AvgIpc) is 3.09. The van der Waals surface area contributed by atoms with Gasteiger partial charge < -0.3 is 14.8 Å². The summed E-state index contributed by atoms with van der Waals surface area (Å²) in [5, 5.41) is 3.38. The zero-order valence-electron chi connectivity index (χ0n) is 14.4. The first-order chi connectivity index (χ1) is 11.7. The van der Waals surface area contributed by atoms with Gasteiger partial charge in [-0.25, -0.2) is 4.98 Å². The third-order valence-electron chi connectivity index (χ3n) is 4.46. The van der Waals surface area contributed by atoms with E-state index in [1.54, 1.807) is 6.20 Å². The number of hydrogen-bond acceptors (Lipinski definition) is 4. The summed E-state index contributed by atoms with van der Waals surface area (Å²) in [7, 11) is 0. The minimum absolute atomic E-state index is 0.0623. The van der Waals surface area contributed by atoms with Crippen molar-refractivity contribution < 1.29 is 4.79 Å². The maximum absolute atomic E-state index is 12.8. The van der Waals surface area contributed by atoms with Crippen molar-refractivity contribution in [3.63, 3.8) is 0 Å². The summed E-state index contributed by atoms with van der Waals surface area (Å²) in [6.07, 6.45) is 7.87. The van der Waals surface area contributed by atoms with Crippen molar-refractivity contribution in [3.8, 4) is 0 Å². The Morgan fingerprint density at radius 3 is 3.04 bits per heavy atom. The number of hydrogen-bond donors (Lipinski definition) is 1. The number of nitrogens with one attached hydrogen (secondary N) is 1. The van der Waals surface area contributed by atoms with Crippen LogP contribution in [0.4, 0.5) is 0 Å². The molecule has 1 aliphatic heterocycles. The molecule has 0 aromatic carbocycles. The third-order valence-corrected chi connectivity index (χ3v) is 4.46. The molecule has 2 aromatic heterocycles. The van der Waals surface area contributed by atoms with Gasteiger partial charge in [-0.1, -0.05) is 19.9 Å². The number of imidazole rings is 1. The largest absolute Gasteiger partial charge is 0.334 e. The molecule has 3 heterocycles. The van der Waals surface area contributed by atoms with E-state index in [1.165, 1.54) is 0 Å². The number of aromatic nitrogens is 3. The number of carbonyl (C=O) groups excluding carboxylic acids is 1. The highest BCUT2D eigenvalue weighted by atomic mass is 16.2. The summed E-state index contributed by atoms with van der Waals surface area (Å²) in [6.45, 7) is 7.27. The van der Waals surface area contributed by atoms with Gasteiger partial charge in [0.1, 0.15) is 5.82 Å². The summed E-state index contributed by atoms with van der Waals surface area (Å²) in [4.78, 5) is 23.4. The smallest absolute Gasteiger partial charge is 0.224 e. The molecule has 0 bridgehead atoms. The third kappa shape index (κ3) is 3.64. The van der Waals surface area contributed by atoms with Crippen LogP contribution in [0.1, 0.15) is 43.6 Å². The van der Waals surface area contributed by atoms with Gasteiger partial charge in [-0.15, -0.1) is 0 Å². The molecule has 1 unspecified atom stereocenters. The predicted octanol–water partition coefficient (Wildman–Crippen LogP) is 1.96. The number of piperazine rings is 1. The molecule has 6 nitrogen and oxygen atoms in total. The summed E-state index contributed by atoms with van der Waals surface area (Å²) in [5.74, 6) is 1.58. The first-order valence-corrected chi connectivity index (χ1v) is 8.58. The number of pyridine rings is 1. The zero-order valence-corrected chi connectivity index (χ0v) is 14.4. The minimum Gasteiger partial charge on any atom is -0.334 e. The summed E-state index contributed by atoms with van der Waals surface area (Å²) >= 11 is 0. The summed E-state index contributed by atoms with van der Waals surface area (Å²) in [6, 6.07) is 4.03. The van der Waals surface area contributed by atoms with Crippen LogP contribution in [-0.4, -0.2) is 45.0 Å². The van der Waals surface area contributed by atoms with Crippen molar-refractivity contribution >= 4 is 5.91 Å². The lowest BCUT2D eigenvalue weighted by atomic mass is 10.0. The fourth-order valence-corrected chi connectivity index (χ4v) is 3.24. The van der Waals surface area contributed by atoms with E-state index < -0.39 is 0 Å². The normalized spacial score (nSPS) is 18.1. The fraction of sp³-hybridized carbons (Fsp3) is 0.500. The van der Waals surface area contributed by atoms with Crippen LogP contribution in [0.5, 0.6) is 0 Å². The van der Waals surface area contributed by atoms with Crippen molar-refractivity contribution in [3.05, 3.63) is 48.3 Å². The molecule has 1 amide bonds. The first-order valence-electron chi connectivity index (χ1n) is 8.58. The van der Waals surface area contributed by atoms with Gasteiger partial charge in [0.05, 0.1) is 6.04 Å². The Balaban J connectivity index is 1.67. The van der Waals surface area contributed by atoms with Crippen LogP contribution in [0.2, 0.25) is 0 Å². The van der Waals surface area contributed by atoms with E-state index in [9.17, 15) is 4.79 Å². The zero-order chi connectivity index (χ0) is 16.9. The lowest BCUT2D eigenvalue weighted by Gasteiger charge is -2.36. The Morgan fingerprint density at radius 1 is 1.42 bits per heavy atom. The number of nitrogens with zero attached hydrogens (tertiary/aromatic N) is 4. The van der Waals surface area contributed by atoms with Crippen LogP contribution in [0.3, 0.4) is 0 Å². The molecule has 0 spiro atoms. The second-order valence-electron chi connectivity index (χ2n) is 6.48. The number of aryl methyl sites for hydroxylation is 1. The second kappa shape index (κ2) is 7.57. The molecular weight excluding hydrogens is 302 g/mol. The SMILES string of the molecule is CC(C)c1nccn1CCC(=O)N1CCNCC1c1cccnc1. The lowest BCUT2D eigenvalue weighted by Crippen LogP contribution is -2.48. The molecule has 1 aliphatic rings. The summed E-state index contributed by atoms with van der Waals surface area (Å²) < 4.78 is 2.09. The van der Waals surface area contributed by atoms with Crippen LogP contribution in [0.25, 0.3) is 0 Å². The van der Waals surface area contributed by atoms with Crippen LogP contribution < -0.4 is 5.32 Å². The van der Waals surface area contributed by atoms with E-state index in [0.29, 0.717) is 18.9 Å². The van der Waals surface area contributed by atoms with Gasteiger partial charge in [0, 0.05) is 63.3 Å². The molecule has 3 rings (SSSR count). The molecule has 1 atom stereocenters. The van der Waals surface area contributed by atoms with Gasteiger partial charge in [-0.3, -0.25) is 9.78 Å². The van der Waals surface area contributed by atoms with Crippen LogP contribution in [0, 0.1) is 0 Å². The second-order valence-corrected chi connectivity index (χ2v) is 6.48. The molecule has 1 N–H and O–H groups in total. The molecule has 128 valence electrons. The quantitative estimate of drug-likeness (QED) is 0.912. The van der Waals surface area contributed by atoms with Gasteiger partial charge in [-0.2, -0.15) is 0 Å². The van der Waals surface area contributed by atoms with E-state index >= 15 is 0 Å². The maximum Gasteiger partial charge on any atom is 0.224 e. The van der Waals surface area contributed by atoms with E-state index in [1.807, 2.05) is 35.6 Å². The number of amides is 1. The van der Waals surface area contributed by atoms with E-state index in [4.69, 9.17) is 0 Å². The highest BCUT2D eigenvalue weighted by Crippen LogP contribution is 2.22. The van der Waals surface area contributed by atoms with Gasteiger partial charge in [0.25, 0.3) is 0 Å². The predicted molar refractivity (Wildman–Crippen MR) is 92.5 cm³/mol. The average molecular weight is 327 g/mol. The van der Waals surface area contributed by atoms with Gasteiger partial charge in [0.15, 0.2) is 0 Å². The van der Waals surface area contributed by atoms with Gasteiger partial charge in [-0.05, 0) is 11.6 Å². The minimum atomic E-state index is 0.0623. The van der Waals surface area contributed by atoms with Crippen LogP contribution in [0.15, 0.2) is 36.9 Å². The molecule has 24 heavy (non-hydrogen) atoms. The van der Waals surface area contributed by atoms with Gasteiger partial charge >= 0.3 is 0 Å². The van der Waals surface area contributed by atoms with Crippen molar-refractivity contribution in [2.24, 2.45) is 0 Å². The number of carbonyl (C=O) groups is 1. The lowest BCUT2D eigenvalue weighted by molar-refractivity contribution is -0.134. The molecule has 1 fully saturated rings. The Bertz CT molecular complexity index is 667. The van der Waals surface area contributed by atoms with Crippen molar-refractivity contribution in [2.45, 2.75) is 38.8 Å². The molecule has 6 heteroatoms. The van der Waals surface area contributed by atoms with Crippen molar-refractivity contribution in [1.29, 1.82) is 0 Å². The van der Waals surface area contributed by atoms with Crippen LogP contribution in [-0.2, 0) is 11.3 Å². The number of rotatable bonds is 5. The van der Waals surface area contributed by atoms with Crippen molar-refractivity contribution in [1.82, 2.24) is 24.8 Å². The molecule has 0 aliphatic carbocycles. The first kappa shape index (κ1) is 16.6. The topological polar surface area (TPSA) is 63.1 Å². The Hall–Kier alpha value is -2.21. The molecule has 2 aromatic rings. The fourth-order valence-electron chi connectivity index (χ4n) is 3.24. The highest BCUT2D eigenvalue weighted by molar-refractivity contribution is 5.76. The highest BCUT2D eigenvalue weighted by Gasteiger charge is 2.27. The maximum atomic E-state index is 12.8. The summed E-state index contributed by atoms with van der Waals surface area (Å²) in [5.41, 5.74) is 1.09. The van der Waals surface area contributed by atoms with Crippen molar-refractivity contribution in [2.75, 3.05) is 19.6 Å². The Kier molecular flexibility index (Phi) is 5.25. The van der Waals surface area contributed by atoms with E-state index in [-0.39, 0.29) is 11.9 Å². The standard InChI is InChI=1S/C18H25N5O/c1-14(2)18-21-8-10-22(18)9-5-17(24)23-11-7-20-13-16(23)15-4-3-6-19-12-15/h3-4,6,8,10,12,14,16,20H,5,7,9,11,13H2,1-2H3.